The highest BCUT2D eigenvalue weighted by Crippen LogP contribution is 2.21. The Morgan fingerprint density at radius 2 is 1.95 bits per heavy atom. The number of carbonyl (C=O) groups is 1. The minimum atomic E-state index is -3.22. The molecule has 122 valence electrons. The molecular formula is C16H24N2O3S. The number of piperidine rings is 1. The van der Waals surface area contributed by atoms with E-state index in [0.29, 0.717) is 19.6 Å². The number of carbonyl (C=O) groups excluding carboxylic acids is 1. The molecule has 0 aliphatic carbocycles. The zero-order valence-corrected chi connectivity index (χ0v) is 14.3. The molecule has 0 unspecified atom stereocenters. The number of aryl methyl sites for hydroxylation is 1. The van der Waals surface area contributed by atoms with Crippen LogP contribution in [0.3, 0.4) is 0 Å². The van der Waals surface area contributed by atoms with Crippen LogP contribution in [0.15, 0.2) is 24.3 Å². The van der Waals surface area contributed by atoms with Gasteiger partial charge in [-0.15, -0.1) is 0 Å². The molecule has 1 aromatic rings. The van der Waals surface area contributed by atoms with Gasteiger partial charge < -0.3 is 4.90 Å². The molecule has 0 N–H and O–H groups in total. The van der Waals surface area contributed by atoms with Crippen LogP contribution in [0.5, 0.6) is 0 Å². The summed E-state index contributed by atoms with van der Waals surface area (Å²) >= 11 is 0. The van der Waals surface area contributed by atoms with Crippen LogP contribution in [-0.2, 0) is 21.4 Å². The normalized spacial score (nSPS) is 19.9. The molecule has 1 aliphatic heterocycles. The number of amides is 1. The molecule has 1 atom stereocenters. The molecule has 22 heavy (non-hydrogen) atoms. The van der Waals surface area contributed by atoms with Gasteiger partial charge in [0.15, 0.2) is 0 Å². The molecular weight excluding hydrogens is 300 g/mol. The second kappa shape index (κ2) is 6.79. The van der Waals surface area contributed by atoms with Crippen LogP contribution in [0, 0.1) is 12.8 Å². The molecule has 1 aromatic carbocycles. The minimum Gasteiger partial charge on any atom is -0.341 e. The van der Waals surface area contributed by atoms with E-state index in [1.165, 1.54) is 16.1 Å². The largest absolute Gasteiger partial charge is 0.341 e. The summed E-state index contributed by atoms with van der Waals surface area (Å²) in [5, 5.41) is 0. The summed E-state index contributed by atoms with van der Waals surface area (Å²) in [5.74, 6) is -0.215. The Bertz CT molecular complexity index is 625. The molecule has 0 saturated carbocycles. The van der Waals surface area contributed by atoms with Crippen molar-refractivity contribution in [2.75, 3.05) is 26.4 Å². The van der Waals surface area contributed by atoms with E-state index in [1.807, 2.05) is 31.2 Å². The predicted octanol–water partition coefficient (Wildman–Crippen LogP) is 1.63. The number of hydrogen-bond donors (Lipinski definition) is 0. The standard InChI is InChI=1S/C16H24N2O3S/c1-13-6-8-14(9-7-13)11-17(2)16(19)15-5-4-10-18(12-15)22(3,20)21/h6-9,15H,4-5,10-12H2,1-3H3/t15-/m0/s1. The van der Waals surface area contributed by atoms with Crippen molar-refractivity contribution in [2.24, 2.45) is 5.92 Å². The van der Waals surface area contributed by atoms with Crippen molar-refractivity contribution in [2.45, 2.75) is 26.3 Å². The molecule has 1 amide bonds. The first-order valence-corrected chi connectivity index (χ1v) is 9.38. The Balaban J connectivity index is 1.99. The molecule has 1 saturated heterocycles. The third-order valence-corrected chi connectivity index (χ3v) is 5.39. The Morgan fingerprint density at radius 1 is 1.32 bits per heavy atom. The summed E-state index contributed by atoms with van der Waals surface area (Å²) < 4.78 is 24.7. The van der Waals surface area contributed by atoms with Crippen LogP contribution in [-0.4, -0.2) is 49.9 Å². The van der Waals surface area contributed by atoms with Gasteiger partial charge in [-0.25, -0.2) is 12.7 Å². The summed E-state index contributed by atoms with van der Waals surface area (Å²) in [6.45, 7) is 3.40. The third-order valence-electron chi connectivity index (χ3n) is 4.12. The number of nitrogens with zero attached hydrogens (tertiary/aromatic N) is 2. The zero-order chi connectivity index (χ0) is 16.3. The fraction of sp³-hybridized carbons (Fsp3) is 0.562. The van der Waals surface area contributed by atoms with E-state index < -0.39 is 10.0 Å². The molecule has 2 rings (SSSR count). The molecule has 6 heteroatoms. The van der Waals surface area contributed by atoms with Crippen molar-refractivity contribution < 1.29 is 13.2 Å². The highest BCUT2D eigenvalue weighted by atomic mass is 32.2. The monoisotopic (exact) mass is 324 g/mol. The lowest BCUT2D eigenvalue weighted by molar-refractivity contribution is -0.135. The lowest BCUT2D eigenvalue weighted by Gasteiger charge is -2.32. The smallest absolute Gasteiger partial charge is 0.227 e. The van der Waals surface area contributed by atoms with Gasteiger partial charge in [-0.2, -0.15) is 0 Å². The Labute approximate surface area is 133 Å². The van der Waals surface area contributed by atoms with Crippen LogP contribution in [0.2, 0.25) is 0 Å². The highest BCUT2D eigenvalue weighted by molar-refractivity contribution is 7.88. The first-order chi connectivity index (χ1) is 10.3. The summed E-state index contributed by atoms with van der Waals surface area (Å²) in [4.78, 5) is 14.2. The highest BCUT2D eigenvalue weighted by Gasteiger charge is 2.31. The molecule has 1 aliphatic rings. The van der Waals surface area contributed by atoms with Crippen molar-refractivity contribution in [3.05, 3.63) is 35.4 Å². The lowest BCUT2D eigenvalue weighted by Crippen LogP contribution is -2.45. The summed E-state index contributed by atoms with van der Waals surface area (Å²) in [7, 11) is -1.44. The maximum Gasteiger partial charge on any atom is 0.227 e. The zero-order valence-electron chi connectivity index (χ0n) is 13.4. The minimum absolute atomic E-state index is 0.0222. The Hall–Kier alpha value is -1.40. The Morgan fingerprint density at radius 3 is 2.55 bits per heavy atom. The number of hydrogen-bond acceptors (Lipinski definition) is 3. The van der Waals surface area contributed by atoms with Crippen LogP contribution in [0.1, 0.15) is 24.0 Å². The maximum atomic E-state index is 12.5. The summed E-state index contributed by atoms with van der Waals surface area (Å²) in [6.07, 6.45) is 2.70. The average Bonchev–Trinajstić information content (AvgIpc) is 2.48. The fourth-order valence-electron chi connectivity index (χ4n) is 2.80. The molecule has 0 aromatic heterocycles. The summed E-state index contributed by atoms with van der Waals surface area (Å²) in [5.41, 5.74) is 2.27. The third kappa shape index (κ3) is 4.30. The van der Waals surface area contributed by atoms with Crippen molar-refractivity contribution >= 4 is 15.9 Å². The van der Waals surface area contributed by atoms with E-state index >= 15 is 0 Å². The first-order valence-electron chi connectivity index (χ1n) is 7.53. The quantitative estimate of drug-likeness (QED) is 0.846. The second-order valence-corrected chi connectivity index (χ2v) is 8.12. The number of sulfonamides is 1. The average molecular weight is 324 g/mol. The molecule has 1 fully saturated rings. The van der Waals surface area contributed by atoms with Gasteiger partial charge in [-0.05, 0) is 25.3 Å². The molecule has 5 nitrogen and oxygen atoms in total. The predicted molar refractivity (Wildman–Crippen MR) is 86.8 cm³/mol. The van der Waals surface area contributed by atoms with Gasteiger partial charge in [0, 0.05) is 26.7 Å². The summed E-state index contributed by atoms with van der Waals surface area (Å²) in [6, 6.07) is 8.09. The van der Waals surface area contributed by atoms with Gasteiger partial charge in [-0.1, -0.05) is 29.8 Å². The molecule has 0 spiro atoms. The van der Waals surface area contributed by atoms with Crippen molar-refractivity contribution in [3.63, 3.8) is 0 Å². The molecule has 0 bridgehead atoms. The van der Waals surface area contributed by atoms with Crippen molar-refractivity contribution in [1.29, 1.82) is 0 Å². The molecule has 0 radical (unpaired) electrons. The van der Waals surface area contributed by atoms with Crippen molar-refractivity contribution in [3.8, 4) is 0 Å². The van der Waals surface area contributed by atoms with E-state index in [4.69, 9.17) is 0 Å². The van der Waals surface area contributed by atoms with Gasteiger partial charge in [0.05, 0.1) is 12.2 Å². The van der Waals surface area contributed by atoms with Gasteiger partial charge in [0.1, 0.15) is 0 Å². The van der Waals surface area contributed by atoms with E-state index in [9.17, 15) is 13.2 Å². The van der Waals surface area contributed by atoms with E-state index in [1.54, 1.807) is 11.9 Å². The van der Waals surface area contributed by atoms with Crippen LogP contribution >= 0.6 is 0 Å². The van der Waals surface area contributed by atoms with Crippen LogP contribution in [0.4, 0.5) is 0 Å². The van der Waals surface area contributed by atoms with Crippen LogP contribution < -0.4 is 0 Å². The molecule has 1 heterocycles. The first kappa shape index (κ1) is 17.0. The Kier molecular flexibility index (Phi) is 5.24. The van der Waals surface area contributed by atoms with Gasteiger partial charge >= 0.3 is 0 Å². The van der Waals surface area contributed by atoms with Crippen LogP contribution in [0.25, 0.3) is 0 Å². The van der Waals surface area contributed by atoms with Gasteiger partial charge in [-0.3, -0.25) is 4.79 Å². The van der Waals surface area contributed by atoms with Crippen molar-refractivity contribution in [1.82, 2.24) is 9.21 Å². The van der Waals surface area contributed by atoms with Gasteiger partial charge in [0.25, 0.3) is 0 Å². The van der Waals surface area contributed by atoms with E-state index in [0.717, 1.165) is 18.4 Å². The second-order valence-electron chi connectivity index (χ2n) is 6.14. The van der Waals surface area contributed by atoms with Gasteiger partial charge in [0.2, 0.25) is 15.9 Å². The fourth-order valence-corrected chi connectivity index (χ4v) is 3.71. The van der Waals surface area contributed by atoms with E-state index in [2.05, 4.69) is 0 Å². The SMILES string of the molecule is Cc1ccc(CN(C)C(=O)[C@H]2CCCN(S(C)(=O)=O)C2)cc1. The lowest BCUT2D eigenvalue weighted by atomic mass is 9.98. The topological polar surface area (TPSA) is 57.7 Å². The van der Waals surface area contributed by atoms with E-state index in [-0.39, 0.29) is 11.8 Å². The number of rotatable bonds is 4. The number of benzene rings is 1. The maximum absolute atomic E-state index is 12.5.